The fourth-order valence-corrected chi connectivity index (χ4v) is 0.827. The van der Waals surface area contributed by atoms with Crippen LogP contribution in [-0.2, 0) is 4.79 Å². The summed E-state index contributed by atoms with van der Waals surface area (Å²) in [6.45, 7) is 1.10. The van der Waals surface area contributed by atoms with Gasteiger partial charge in [0.1, 0.15) is 0 Å². The van der Waals surface area contributed by atoms with Gasteiger partial charge < -0.3 is 15.3 Å². The maximum absolute atomic E-state index is 11.1. The fraction of sp³-hybridized carbons (Fsp3) is 0.750. The quantitative estimate of drug-likeness (QED) is 0.522. The molecule has 0 rings (SSSR count). The molecule has 0 aromatic carbocycles. The van der Waals surface area contributed by atoms with Gasteiger partial charge in [0.2, 0.25) is 5.91 Å². The molecule has 6 nitrogen and oxygen atoms in total. The summed E-state index contributed by atoms with van der Waals surface area (Å²) < 4.78 is 0. The van der Waals surface area contributed by atoms with Gasteiger partial charge in [-0.2, -0.15) is 0 Å². The molecule has 0 bridgehead atoms. The second-order valence-corrected chi connectivity index (χ2v) is 2.90. The van der Waals surface area contributed by atoms with Crippen molar-refractivity contribution < 1.29 is 14.7 Å². The first-order valence-corrected chi connectivity index (χ1v) is 4.41. The summed E-state index contributed by atoms with van der Waals surface area (Å²) in [5.74, 6) is -0.325. The Kier molecular flexibility index (Phi) is 6.69. The van der Waals surface area contributed by atoms with Crippen molar-refractivity contribution in [2.45, 2.75) is 6.42 Å². The molecule has 0 aromatic rings. The number of rotatable bonds is 5. The number of carbonyl (C=O) groups is 2. The maximum Gasteiger partial charge on any atom is 0.321 e. The number of hydrogen-bond donors (Lipinski definition) is 3. The number of nitrogens with zero attached hydrogens (tertiary/aromatic N) is 1. The second kappa shape index (κ2) is 7.28. The van der Waals surface area contributed by atoms with Crippen molar-refractivity contribution in [2.24, 2.45) is 0 Å². The van der Waals surface area contributed by atoms with E-state index in [4.69, 9.17) is 5.11 Å². The summed E-state index contributed by atoms with van der Waals surface area (Å²) in [7, 11) is 3.24. The van der Waals surface area contributed by atoms with Gasteiger partial charge in [0.15, 0.2) is 0 Å². The Morgan fingerprint density at radius 1 is 1.36 bits per heavy atom. The molecule has 0 aromatic heterocycles. The van der Waals surface area contributed by atoms with Crippen molar-refractivity contribution >= 4 is 11.9 Å². The van der Waals surface area contributed by atoms with Gasteiger partial charge in [-0.05, 0) is 7.05 Å². The Morgan fingerprint density at radius 2 is 2.00 bits per heavy atom. The SMILES string of the molecule is CNC(=O)NC(=O)CCN(C)CCO. The molecule has 0 aliphatic rings. The molecule has 14 heavy (non-hydrogen) atoms. The van der Waals surface area contributed by atoms with Crippen LogP contribution in [-0.4, -0.2) is 55.7 Å². The van der Waals surface area contributed by atoms with E-state index in [0.29, 0.717) is 13.1 Å². The molecule has 0 aliphatic heterocycles. The number of amides is 3. The van der Waals surface area contributed by atoms with E-state index in [9.17, 15) is 9.59 Å². The molecule has 6 heteroatoms. The predicted octanol–water partition coefficient (Wildman–Crippen LogP) is -1.24. The van der Waals surface area contributed by atoms with Gasteiger partial charge in [0.05, 0.1) is 6.61 Å². The minimum Gasteiger partial charge on any atom is -0.395 e. The first kappa shape index (κ1) is 12.9. The van der Waals surface area contributed by atoms with Crippen molar-refractivity contribution in [1.29, 1.82) is 0 Å². The molecule has 0 unspecified atom stereocenters. The van der Waals surface area contributed by atoms with Gasteiger partial charge >= 0.3 is 6.03 Å². The van der Waals surface area contributed by atoms with E-state index < -0.39 is 6.03 Å². The summed E-state index contributed by atoms with van der Waals surface area (Å²) in [6.07, 6.45) is 0.240. The highest BCUT2D eigenvalue weighted by Crippen LogP contribution is 1.86. The fourth-order valence-electron chi connectivity index (χ4n) is 0.827. The van der Waals surface area contributed by atoms with Crippen molar-refractivity contribution in [3.8, 4) is 0 Å². The number of nitrogens with one attached hydrogen (secondary N) is 2. The highest BCUT2D eigenvalue weighted by atomic mass is 16.3. The van der Waals surface area contributed by atoms with Gasteiger partial charge in [-0.15, -0.1) is 0 Å². The van der Waals surface area contributed by atoms with Gasteiger partial charge in [-0.1, -0.05) is 0 Å². The summed E-state index contributed by atoms with van der Waals surface area (Å²) in [4.78, 5) is 23.6. The molecule has 0 fully saturated rings. The van der Waals surface area contributed by atoms with Crippen LogP contribution in [0.25, 0.3) is 0 Å². The first-order valence-electron chi connectivity index (χ1n) is 4.41. The zero-order chi connectivity index (χ0) is 11.0. The Hall–Kier alpha value is -1.14. The Bertz CT molecular complexity index is 196. The summed E-state index contributed by atoms with van der Waals surface area (Å²) in [5, 5.41) is 13.0. The monoisotopic (exact) mass is 203 g/mol. The number of imide groups is 1. The predicted molar refractivity (Wildman–Crippen MR) is 51.8 cm³/mol. The van der Waals surface area contributed by atoms with Crippen LogP contribution in [0.3, 0.4) is 0 Å². The molecule has 0 atom stereocenters. The van der Waals surface area contributed by atoms with Gasteiger partial charge in [0, 0.05) is 26.6 Å². The number of aliphatic hydroxyl groups excluding tert-OH is 1. The minimum atomic E-state index is -0.500. The van der Waals surface area contributed by atoms with E-state index in [2.05, 4.69) is 10.6 Å². The topological polar surface area (TPSA) is 81.7 Å². The van der Waals surface area contributed by atoms with E-state index >= 15 is 0 Å². The van der Waals surface area contributed by atoms with E-state index in [1.807, 2.05) is 4.90 Å². The third kappa shape index (κ3) is 6.38. The molecule has 0 heterocycles. The third-order valence-electron chi connectivity index (χ3n) is 1.68. The number of urea groups is 1. The first-order chi connectivity index (χ1) is 6.60. The largest absolute Gasteiger partial charge is 0.395 e. The Labute approximate surface area is 83.3 Å². The molecule has 3 N–H and O–H groups in total. The standard InChI is InChI=1S/C8H17N3O3/c1-9-8(14)10-7(13)3-4-11(2)5-6-12/h12H,3-6H2,1-2H3,(H2,9,10,13,14). The normalized spacial score (nSPS) is 10.0. The molecule has 0 radical (unpaired) electrons. The highest BCUT2D eigenvalue weighted by molar-refractivity contribution is 5.94. The Balaban J connectivity index is 3.58. The van der Waals surface area contributed by atoms with Gasteiger partial charge in [-0.25, -0.2) is 4.79 Å². The molecular weight excluding hydrogens is 186 g/mol. The molecule has 0 aliphatic carbocycles. The molecule has 0 saturated carbocycles. The summed E-state index contributed by atoms with van der Waals surface area (Å²) in [5.41, 5.74) is 0. The van der Waals surface area contributed by atoms with E-state index in [1.54, 1.807) is 7.05 Å². The molecule has 0 saturated heterocycles. The van der Waals surface area contributed by atoms with Crippen molar-refractivity contribution in [1.82, 2.24) is 15.5 Å². The van der Waals surface area contributed by atoms with Crippen LogP contribution in [0.2, 0.25) is 0 Å². The van der Waals surface area contributed by atoms with Crippen LogP contribution in [0, 0.1) is 0 Å². The summed E-state index contributed by atoms with van der Waals surface area (Å²) >= 11 is 0. The smallest absolute Gasteiger partial charge is 0.321 e. The maximum atomic E-state index is 11.1. The van der Waals surface area contributed by atoms with Crippen molar-refractivity contribution in [2.75, 3.05) is 33.8 Å². The van der Waals surface area contributed by atoms with Crippen LogP contribution in [0.5, 0.6) is 0 Å². The van der Waals surface area contributed by atoms with Crippen molar-refractivity contribution in [3.05, 3.63) is 0 Å². The van der Waals surface area contributed by atoms with Crippen LogP contribution in [0.1, 0.15) is 6.42 Å². The van der Waals surface area contributed by atoms with Gasteiger partial charge in [-0.3, -0.25) is 10.1 Å². The Morgan fingerprint density at radius 3 is 2.50 bits per heavy atom. The minimum absolute atomic E-state index is 0.0631. The molecule has 0 spiro atoms. The molecular formula is C8H17N3O3. The van der Waals surface area contributed by atoms with Gasteiger partial charge in [0.25, 0.3) is 0 Å². The van der Waals surface area contributed by atoms with Crippen LogP contribution >= 0.6 is 0 Å². The van der Waals surface area contributed by atoms with Crippen LogP contribution in [0.4, 0.5) is 4.79 Å². The second-order valence-electron chi connectivity index (χ2n) is 2.90. The lowest BCUT2D eigenvalue weighted by Gasteiger charge is -2.13. The average Bonchev–Trinajstić information content (AvgIpc) is 2.15. The number of aliphatic hydroxyl groups is 1. The zero-order valence-electron chi connectivity index (χ0n) is 8.54. The molecule has 3 amide bonds. The molecule has 82 valence electrons. The lowest BCUT2D eigenvalue weighted by molar-refractivity contribution is -0.120. The van der Waals surface area contributed by atoms with Crippen molar-refractivity contribution in [3.63, 3.8) is 0 Å². The lowest BCUT2D eigenvalue weighted by Crippen LogP contribution is -2.39. The van der Waals surface area contributed by atoms with E-state index in [0.717, 1.165) is 0 Å². The number of likely N-dealkylation sites (N-methyl/N-ethyl adjacent to an activating group) is 1. The highest BCUT2D eigenvalue weighted by Gasteiger charge is 2.06. The zero-order valence-corrected chi connectivity index (χ0v) is 8.54. The van der Waals surface area contributed by atoms with Crippen LogP contribution < -0.4 is 10.6 Å². The number of carbonyl (C=O) groups excluding carboxylic acids is 2. The summed E-state index contributed by atoms with van der Waals surface area (Å²) in [6, 6.07) is -0.500. The van der Waals surface area contributed by atoms with E-state index in [1.165, 1.54) is 7.05 Å². The average molecular weight is 203 g/mol. The van der Waals surface area contributed by atoms with E-state index in [-0.39, 0.29) is 18.9 Å². The van der Waals surface area contributed by atoms with Crippen LogP contribution in [0.15, 0.2) is 0 Å². The third-order valence-corrected chi connectivity index (χ3v) is 1.68. The number of hydrogen-bond acceptors (Lipinski definition) is 4. The lowest BCUT2D eigenvalue weighted by atomic mass is 10.3.